The van der Waals surface area contributed by atoms with Crippen molar-refractivity contribution in [1.29, 1.82) is 0 Å². The maximum atomic E-state index is 2.76. The van der Waals surface area contributed by atoms with Crippen molar-refractivity contribution in [2.75, 3.05) is 9.80 Å². The van der Waals surface area contributed by atoms with Crippen molar-refractivity contribution in [2.45, 2.75) is 101 Å². The largest absolute Gasteiger partial charge is 0.334 e. The lowest BCUT2D eigenvalue weighted by Crippen LogP contribution is -2.54. The monoisotopic (exact) mass is 1200 g/mol. The zero-order valence-corrected chi connectivity index (χ0v) is 54.0. The molecular formula is C92H72N2. The Morgan fingerprint density at radius 3 is 0.957 bits per heavy atom. The molecule has 2 heterocycles. The van der Waals surface area contributed by atoms with Crippen LogP contribution in [-0.2, 0) is 10.8 Å². The van der Waals surface area contributed by atoms with Crippen LogP contribution in [0.4, 0.5) is 22.7 Å². The van der Waals surface area contributed by atoms with Gasteiger partial charge in [0.1, 0.15) is 0 Å². The van der Waals surface area contributed by atoms with Gasteiger partial charge < -0.3 is 9.80 Å². The van der Waals surface area contributed by atoms with E-state index in [1.54, 1.807) is 0 Å². The lowest BCUT2D eigenvalue weighted by molar-refractivity contribution is 0.195. The van der Waals surface area contributed by atoms with Gasteiger partial charge in [-0.1, -0.05) is 246 Å². The van der Waals surface area contributed by atoms with Crippen LogP contribution >= 0.6 is 0 Å². The van der Waals surface area contributed by atoms with Gasteiger partial charge in [-0.15, -0.1) is 0 Å². The third-order valence-corrected chi connectivity index (χ3v) is 24.8. The number of anilines is 4. The van der Waals surface area contributed by atoms with Crippen LogP contribution in [0.2, 0.25) is 0 Å². The maximum Gasteiger partial charge on any atom is 0.0535 e. The van der Waals surface area contributed by atoms with Gasteiger partial charge in [0.05, 0.1) is 22.5 Å². The molecule has 16 aromatic rings. The molecule has 450 valence electrons. The molecule has 2 heteroatoms. The van der Waals surface area contributed by atoms with E-state index >= 15 is 0 Å². The molecule has 4 aliphatic rings. The highest BCUT2D eigenvalue weighted by atomic mass is 15.3. The predicted octanol–water partition coefficient (Wildman–Crippen LogP) is 25.7. The Kier molecular flexibility index (Phi) is 11.3. The van der Waals surface area contributed by atoms with Crippen LogP contribution in [0.1, 0.15) is 90.2 Å². The lowest BCUT2D eigenvalue weighted by Gasteiger charge is -2.50. The highest BCUT2D eigenvalue weighted by Crippen LogP contribution is 2.65. The zero-order valence-electron chi connectivity index (χ0n) is 54.0. The van der Waals surface area contributed by atoms with Crippen molar-refractivity contribution in [3.8, 4) is 44.5 Å². The molecule has 2 aliphatic heterocycles. The van der Waals surface area contributed by atoms with E-state index in [2.05, 4.69) is 304 Å². The Hall–Kier alpha value is -10.3. The smallest absolute Gasteiger partial charge is 0.0535 e. The minimum absolute atomic E-state index is 0.0259. The quantitative estimate of drug-likeness (QED) is 0.121. The summed E-state index contributed by atoms with van der Waals surface area (Å²) in [7, 11) is 0. The summed E-state index contributed by atoms with van der Waals surface area (Å²) in [6.07, 6.45) is 9.72. The normalized spacial score (nSPS) is 21.0. The molecule has 4 atom stereocenters. The number of para-hydroxylation sites is 2. The van der Waals surface area contributed by atoms with E-state index in [1.165, 1.54) is 227 Å². The molecule has 0 amide bonds. The topological polar surface area (TPSA) is 6.48 Å². The Labute approximate surface area is 549 Å². The SMILES string of the molecule is CC12CCCCC1(C)N(c1ccccc1)c1c2ccc2cc3c(-c4cc(-c5cccc6ccccc56)c5ccc6c(-c7cccc8cc9c%10c(ccc9cc78)C7(C)CCCCC7(C)N%10c7ccccc7)cc(-c7cccc8ccccc78)c7ccc4c5c76)cccc3cc12. The molecule has 0 saturated heterocycles. The van der Waals surface area contributed by atoms with Gasteiger partial charge in [0.15, 0.2) is 0 Å². The molecular weight excluding hydrogens is 1130 g/mol. The lowest BCUT2D eigenvalue weighted by atomic mass is 9.61. The van der Waals surface area contributed by atoms with E-state index in [4.69, 9.17) is 0 Å². The van der Waals surface area contributed by atoms with Crippen LogP contribution in [0.5, 0.6) is 0 Å². The average molecular weight is 1210 g/mol. The molecule has 2 nitrogen and oxygen atoms in total. The summed E-state index contributed by atoms with van der Waals surface area (Å²) in [6, 6.07) is 104. The number of benzene rings is 16. The molecule has 20 rings (SSSR count). The van der Waals surface area contributed by atoms with Crippen LogP contribution in [0, 0.1) is 0 Å². The van der Waals surface area contributed by atoms with E-state index in [0.29, 0.717) is 0 Å². The second-order valence-corrected chi connectivity index (χ2v) is 29.2. The fourth-order valence-electron chi connectivity index (χ4n) is 19.8. The van der Waals surface area contributed by atoms with Crippen LogP contribution in [-0.4, -0.2) is 11.1 Å². The van der Waals surface area contributed by atoms with Gasteiger partial charge in [0.2, 0.25) is 0 Å². The minimum Gasteiger partial charge on any atom is -0.334 e. The van der Waals surface area contributed by atoms with Crippen LogP contribution in [0.15, 0.2) is 267 Å². The third-order valence-electron chi connectivity index (χ3n) is 24.8. The van der Waals surface area contributed by atoms with Crippen molar-refractivity contribution >= 4 is 120 Å². The summed E-state index contributed by atoms with van der Waals surface area (Å²) < 4.78 is 0. The second-order valence-electron chi connectivity index (χ2n) is 29.2. The Bertz CT molecular complexity index is 5530. The summed E-state index contributed by atoms with van der Waals surface area (Å²) in [6.45, 7) is 10.2. The van der Waals surface area contributed by atoms with E-state index < -0.39 is 0 Å². The Morgan fingerprint density at radius 1 is 0.234 bits per heavy atom. The highest BCUT2D eigenvalue weighted by Gasteiger charge is 2.59. The first-order chi connectivity index (χ1) is 46.1. The van der Waals surface area contributed by atoms with Gasteiger partial charge in [-0.3, -0.25) is 0 Å². The fraction of sp³-hybridized carbons (Fsp3) is 0.174. The van der Waals surface area contributed by atoms with E-state index in [9.17, 15) is 0 Å². The van der Waals surface area contributed by atoms with Gasteiger partial charge in [-0.2, -0.15) is 0 Å². The van der Waals surface area contributed by atoms with Crippen molar-refractivity contribution in [3.05, 3.63) is 278 Å². The molecule has 4 unspecified atom stereocenters. The summed E-state index contributed by atoms with van der Waals surface area (Å²) >= 11 is 0. The number of fused-ring (bicyclic) bond motifs is 14. The number of rotatable bonds is 6. The van der Waals surface area contributed by atoms with Crippen molar-refractivity contribution < 1.29 is 0 Å². The first-order valence-electron chi connectivity index (χ1n) is 34.6. The number of hydrogen-bond donors (Lipinski definition) is 0. The van der Waals surface area contributed by atoms with E-state index in [0.717, 1.165) is 0 Å². The molecule has 0 bridgehead atoms. The summed E-state index contributed by atoms with van der Waals surface area (Å²) in [5.41, 5.74) is 18.3. The highest BCUT2D eigenvalue weighted by molar-refractivity contribution is 6.34. The Balaban J connectivity index is 0.870. The van der Waals surface area contributed by atoms with Gasteiger partial charge in [-0.05, 0) is 242 Å². The van der Waals surface area contributed by atoms with Gasteiger partial charge >= 0.3 is 0 Å². The molecule has 0 spiro atoms. The predicted molar refractivity (Wildman–Crippen MR) is 403 cm³/mol. The molecule has 2 saturated carbocycles. The van der Waals surface area contributed by atoms with Crippen LogP contribution in [0.3, 0.4) is 0 Å². The van der Waals surface area contributed by atoms with Gasteiger partial charge in [0.25, 0.3) is 0 Å². The number of hydrogen-bond acceptors (Lipinski definition) is 2. The molecule has 2 fully saturated rings. The van der Waals surface area contributed by atoms with Gasteiger partial charge in [-0.25, -0.2) is 0 Å². The summed E-state index contributed by atoms with van der Waals surface area (Å²) in [5, 5.41) is 23.0. The zero-order chi connectivity index (χ0) is 62.4. The first kappa shape index (κ1) is 54.3. The second kappa shape index (κ2) is 19.6. The van der Waals surface area contributed by atoms with E-state index in [1.807, 2.05) is 0 Å². The van der Waals surface area contributed by atoms with E-state index in [-0.39, 0.29) is 21.9 Å². The minimum atomic E-state index is -0.0449. The molecule has 16 aromatic carbocycles. The molecule has 0 aromatic heterocycles. The molecule has 2 aliphatic carbocycles. The van der Waals surface area contributed by atoms with Crippen LogP contribution in [0.25, 0.3) is 141 Å². The maximum absolute atomic E-state index is 2.76. The molecule has 0 radical (unpaired) electrons. The number of nitrogens with zero attached hydrogens (tertiary/aromatic N) is 2. The third kappa shape index (κ3) is 7.21. The molecule has 94 heavy (non-hydrogen) atoms. The van der Waals surface area contributed by atoms with Crippen molar-refractivity contribution in [2.24, 2.45) is 0 Å². The van der Waals surface area contributed by atoms with Crippen LogP contribution < -0.4 is 9.80 Å². The molecule has 0 N–H and O–H groups in total. The Morgan fingerprint density at radius 2 is 0.553 bits per heavy atom. The summed E-state index contributed by atoms with van der Waals surface area (Å²) in [5.74, 6) is 0. The fourth-order valence-corrected chi connectivity index (χ4v) is 19.8. The van der Waals surface area contributed by atoms with Crippen molar-refractivity contribution in [3.63, 3.8) is 0 Å². The average Bonchev–Trinajstić information content (AvgIpc) is 1.47. The first-order valence-corrected chi connectivity index (χ1v) is 34.6. The van der Waals surface area contributed by atoms with Gasteiger partial charge in [0, 0.05) is 33.0 Å². The summed E-state index contributed by atoms with van der Waals surface area (Å²) in [4.78, 5) is 5.52. The standard InChI is InChI=1S/C92H72N2/c1-89-47-15-17-49-91(89,3)93(63-29-7-5-8-30-63)87-77-53-59-27-21-37-69(75(59)51-61(77)39-45-83(87)89)81-55-79(67-35-19-25-57-23-11-13-33-65(57)67)71-42-44-74-82(56-80(72-41-43-73(81)85(71)86(72)74)68-36-20-26-58-24-12-14-34-66(58)68)70-38-22-28-60-54-78-62(52-76(60)70)40-46-84-88(78)94(64-31-9-6-10-32-64)92(4)50-18-16-48-90(84,92)2/h5-14,19-46,51-56H,15-18,47-50H2,1-4H3. The van der Waals surface area contributed by atoms with Crippen molar-refractivity contribution in [1.82, 2.24) is 0 Å².